The molecule has 5 rings (SSSR count). The molecule has 2 aromatic carbocycles. The van der Waals surface area contributed by atoms with Gasteiger partial charge in [0.15, 0.2) is 11.6 Å². The lowest BCUT2D eigenvalue weighted by Gasteiger charge is -2.48. The van der Waals surface area contributed by atoms with Gasteiger partial charge >= 0.3 is 0 Å². The SMILES string of the molecule is CN1C2=C(C(=O)CC(C)(C)C2)C(c2cc(Cl)ccc2OCc2ccccc2Cl)C2=C1CC(C)(C)CC2=O. The van der Waals surface area contributed by atoms with Gasteiger partial charge in [0.05, 0.1) is 0 Å². The van der Waals surface area contributed by atoms with Crippen molar-refractivity contribution in [1.29, 1.82) is 0 Å². The molecule has 2 aliphatic carbocycles. The zero-order chi connectivity index (χ0) is 26.7. The van der Waals surface area contributed by atoms with Crippen LogP contribution < -0.4 is 4.74 Å². The highest BCUT2D eigenvalue weighted by molar-refractivity contribution is 6.31. The Hall–Kier alpha value is -2.56. The molecule has 3 aliphatic rings. The molecule has 0 unspecified atom stereocenters. The van der Waals surface area contributed by atoms with Crippen LogP contribution in [-0.4, -0.2) is 23.5 Å². The summed E-state index contributed by atoms with van der Waals surface area (Å²) in [5, 5.41) is 1.16. The van der Waals surface area contributed by atoms with Crippen LogP contribution in [0.4, 0.5) is 0 Å². The van der Waals surface area contributed by atoms with Crippen LogP contribution in [-0.2, 0) is 16.2 Å². The number of halogens is 2. The van der Waals surface area contributed by atoms with Crippen LogP contribution in [0.2, 0.25) is 10.0 Å². The standard InChI is InChI=1S/C31H33Cl2NO3/c1-30(2)13-22-28(24(35)15-30)27(29-23(34(22)5)14-31(3,4)16-25(29)36)20-12-19(32)10-11-26(20)37-17-18-8-6-7-9-21(18)33/h6-12,27H,13-17H2,1-5H3. The molecule has 1 heterocycles. The lowest BCUT2D eigenvalue weighted by atomic mass is 9.63. The van der Waals surface area contributed by atoms with Crippen LogP contribution in [0.1, 0.15) is 70.4 Å². The average Bonchev–Trinajstić information content (AvgIpc) is 2.79. The number of ketones is 2. The Morgan fingerprint density at radius 3 is 2.00 bits per heavy atom. The predicted molar refractivity (Wildman–Crippen MR) is 148 cm³/mol. The summed E-state index contributed by atoms with van der Waals surface area (Å²) in [6.07, 6.45) is 2.41. The quantitative estimate of drug-likeness (QED) is 0.397. The van der Waals surface area contributed by atoms with Crippen LogP contribution in [0.25, 0.3) is 0 Å². The number of ether oxygens (including phenoxy) is 1. The summed E-state index contributed by atoms with van der Waals surface area (Å²) in [5.41, 5.74) is 4.74. The number of benzene rings is 2. The van der Waals surface area contributed by atoms with E-state index in [0.29, 0.717) is 39.8 Å². The summed E-state index contributed by atoms with van der Waals surface area (Å²) < 4.78 is 6.33. The second-order valence-electron chi connectivity index (χ2n) is 12.2. The number of allylic oxidation sites excluding steroid dienone is 4. The van der Waals surface area contributed by atoms with Gasteiger partial charge in [-0.1, -0.05) is 69.1 Å². The van der Waals surface area contributed by atoms with Crippen molar-refractivity contribution < 1.29 is 14.3 Å². The Morgan fingerprint density at radius 2 is 1.43 bits per heavy atom. The van der Waals surface area contributed by atoms with E-state index in [0.717, 1.165) is 35.4 Å². The minimum atomic E-state index is -0.506. The Labute approximate surface area is 229 Å². The van der Waals surface area contributed by atoms with E-state index in [1.165, 1.54) is 0 Å². The van der Waals surface area contributed by atoms with Gasteiger partial charge < -0.3 is 9.64 Å². The van der Waals surface area contributed by atoms with Crippen molar-refractivity contribution in [2.24, 2.45) is 10.8 Å². The third kappa shape index (κ3) is 4.86. The third-order valence-corrected chi connectivity index (χ3v) is 8.41. The first-order chi connectivity index (χ1) is 17.4. The number of Topliss-reactive ketones (excluding diaryl/α,β-unsaturated/α-hetero) is 2. The number of carbonyl (C=O) groups excluding carboxylic acids is 2. The van der Waals surface area contributed by atoms with Crippen LogP contribution in [0.15, 0.2) is 65.0 Å². The predicted octanol–water partition coefficient (Wildman–Crippen LogP) is 7.89. The van der Waals surface area contributed by atoms with Crippen LogP contribution in [0, 0.1) is 10.8 Å². The maximum absolute atomic E-state index is 13.8. The number of nitrogens with zero attached hydrogens (tertiary/aromatic N) is 1. The van der Waals surface area contributed by atoms with Gasteiger partial charge in [-0.2, -0.15) is 0 Å². The zero-order valence-corrected chi connectivity index (χ0v) is 23.6. The van der Waals surface area contributed by atoms with Gasteiger partial charge in [-0.05, 0) is 47.9 Å². The second kappa shape index (κ2) is 9.32. The van der Waals surface area contributed by atoms with E-state index < -0.39 is 5.92 Å². The van der Waals surface area contributed by atoms with E-state index in [-0.39, 0.29) is 29.0 Å². The summed E-state index contributed by atoms with van der Waals surface area (Å²) in [4.78, 5) is 29.7. The van der Waals surface area contributed by atoms with E-state index in [4.69, 9.17) is 27.9 Å². The van der Waals surface area contributed by atoms with E-state index in [2.05, 4.69) is 32.6 Å². The van der Waals surface area contributed by atoms with Crippen molar-refractivity contribution in [3.63, 3.8) is 0 Å². The fourth-order valence-corrected chi connectivity index (χ4v) is 6.49. The molecule has 0 saturated heterocycles. The number of hydrogen-bond acceptors (Lipinski definition) is 4. The summed E-state index contributed by atoms with van der Waals surface area (Å²) >= 11 is 12.9. The van der Waals surface area contributed by atoms with Gasteiger partial charge in [0, 0.05) is 69.5 Å². The van der Waals surface area contributed by atoms with Crippen molar-refractivity contribution in [3.05, 3.63) is 86.2 Å². The molecule has 4 nitrogen and oxygen atoms in total. The van der Waals surface area contributed by atoms with Gasteiger partial charge in [0.1, 0.15) is 12.4 Å². The molecule has 0 fully saturated rings. The molecular weight excluding hydrogens is 505 g/mol. The molecule has 0 N–H and O–H groups in total. The monoisotopic (exact) mass is 537 g/mol. The van der Waals surface area contributed by atoms with Crippen molar-refractivity contribution in [2.75, 3.05) is 7.05 Å². The van der Waals surface area contributed by atoms with Gasteiger partial charge in [-0.15, -0.1) is 0 Å². The Morgan fingerprint density at radius 1 is 0.865 bits per heavy atom. The summed E-state index contributed by atoms with van der Waals surface area (Å²) in [6, 6.07) is 13.0. The first-order valence-corrected chi connectivity index (χ1v) is 13.5. The normalized spacial score (nSPS) is 21.2. The van der Waals surface area contributed by atoms with E-state index >= 15 is 0 Å². The Balaban J connectivity index is 1.68. The number of hydrogen-bond donors (Lipinski definition) is 0. The van der Waals surface area contributed by atoms with Gasteiger partial charge in [-0.3, -0.25) is 9.59 Å². The van der Waals surface area contributed by atoms with E-state index in [1.54, 1.807) is 6.07 Å². The van der Waals surface area contributed by atoms with Crippen molar-refractivity contribution in [1.82, 2.24) is 4.90 Å². The molecule has 194 valence electrons. The van der Waals surface area contributed by atoms with Gasteiger partial charge in [0.25, 0.3) is 0 Å². The average molecular weight is 539 g/mol. The highest BCUT2D eigenvalue weighted by atomic mass is 35.5. The molecule has 0 spiro atoms. The maximum atomic E-state index is 13.8. The molecule has 0 amide bonds. The molecule has 1 aliphatic heterocycles. The second-order valence-corrected chi connectivity index (χ2v) is 13.0. The highest BCUT2D eigenvalue weighted by Gasteiger charge is 2.48. The topological polar surface area (TPSA) is 46.6 Å². The summed E-state index contributed by atoms with van der Waals surface area (Å²) in [6.45, 7) is 8.80. The first kappa shape index (κ1) is 26.1. The number of carbonyl (C=O) groups is 2. The largest absolute Gasteiger partial charge is 0.489 e. The Bertz CT molecular complexity index is 1310. The fraction of sp³-hybridized carbons (Fsp3) is 0.419. The fourth-order valence-electron chi connectivity index (χ4n) is 6.12. The molecule has 0 bridgehead atoms. The van der Waals surface area contributed by atoms with E-state index in [9.17, 15) is 9.59 Å². The molecular formula is C31H33Cl2NO3. The smallest absolute Gasteiger partial charge is 0.162 e. The maximum Gasteiger partial charge on any atom is 0.162 e. The van der Waals surface area contributed by atoms with Gasteiger partial charge in [-0.25, -0.2) is 0 Å². The minimum Gasteiger partial charge on any atom is -0.489 e. The molecule has 0 saturated carbocycles. The molecule has 37 heavy (non-hydrogen) atoms. The zero-order valence-electron chi connectivity index (χ0n) is 22.1. The van der Waals surface area contributed by atoms with E-state index in [1.807, 2.05) is 43.4 Å². The lowest BCUT2D eigenvalue weighted by molar-refractivity contribution is -0.119. The van der Waals surface area contributed by atoms with Crippen LogP contribution in [0.3, 0.4) is 0 Å². The Kier molecular flexibility index (Phi) is 6.57. The van der Waals surface area contributed by atoms with Crippen molar-refractivity contribution in [2.45, 2.75) is 65.9 Å². The third-order valence-electron chi connectivity index (χ3n) is 7.80. The van der Waals surface area contributed by atoms with Crippen molar-refractivity contribution in [3.8, 4) is 5.75 Å². The molecule has 0 aromatic heterocycles. The first-order valence-electron chi connectivity index (χ1n) is 12.8. The van der Waals surface area contributed by atoms with Crippen LogP contribution >= 0.6 is 23.2 Å². The molecule has 0 radical (unpaired) electrons. The molecule has 2 aromatic rings. The molecule has 0 atom stereocenters. The summed E-state index contributed by atoms with van der Waals surface area (Å²) in [5.74, 6) is 0.273. The minimum absolute atomic E-state index is 0.0873. The molecule has 6 heteroatoms. The number of rotatable bonds is 4. The van der Waals surface area contributed by atoms with Crippen molar-refractivity contribution >= 4 is 34.8 Å². The van der Waals surface area contributed by atoms with Gasteiger partial charge in [0.2, 0.25) is 0 Å². The summed E-state index contributed by atoms with van der Waals surface area (Å²) in [7, 11) is 2.01. The lowest BCUT2D eigenvalue weighted by Crippen LogP contribution is -2.43. The van der Waals surface area contributed by atoms with Crippen LogP contribution in [0.5, 0.6) is 5.75 Å². The highest BCUT2D eigenvalue weighted by Crippen LogP contribution is 2.55.